The van der Waals surface area contributed by atoms with Gasteiger partial charge in [0.25, 0.3) is 0 Å². The van der Waals surface area contributed by atoms with Gasteiger partial charge in [-0.2, -0.15) is 0 Å². The van der Waals surface area contributed by atoms with Crippen molar-refractivity contribution in [1.29, 1.82) is 0 Å². The van der Waals surface area contributed by atoms with E-state index in [2.05, 4.69) is 32.9 Å². The van der Waals surface area contributed by atoms with Crippen molar-refractivity contribution in [1.82, 2.24) is 0 Å². The fourth-order valence-corrected chi connectivity index (χ4v) is 4.61. The van der Waals surface area contributed by atoms with E-state index >= 15 is 0 Å². The fraction of sp³-hybridized carbons (Fsp3) is 0.578. The summed E-state index contributed by atoms with van der Waals surface area (Å²) < 4.78 is 49.0. The van der Waals surface area contributed by atoms with E-state index in [9.17, 15) is 43.2 Å². The number of ketones is 1. The molecule has 0 saturated heterocycles. The Morgan fingerprint density at radius 2 is 0.603 bits per heavy atom. The van der Waals surface area contributed by atoms with Crippen molar-refractivity contribution in [2.75, 3.05) is 66.1 Å². The van der Waals surface area contributed by atoms with Crippen LogP contribution in [0.3, 0.4) is 0 Å². The average molecular weight is 893 g/mol. The third-order valence-electron chi connectivity index (χ3n) is 8.48. The number of hydrogen-bond acceptors (Lipinski definition) is 18. The SMILES string of the molecule is C=C(C)C(=O)OCCCCCC(=O)OCC(COCC(COC(=O)CCCCCOC(=O)C(=C)C)(COC(=O)C(=C)C)COC(=O)C(C)=O)(COC(=O)C(=C)C)COC(=O)C(=C)C. The van der Waals surface area contributed by atoms with Crippen molar-refractivity contribution in [3.63, 3.8) is 0 Å². The van der Waals surface area contributed by atoms with Gasteiger partial charge in [0.2, 0.25) is 5.78 Å². The van der Waals surface area contributed by atoms with Gasteiger partial charge >= 0.3 is 47.8 Å². The van der Waals surface area contributed by atoms with E-state index in [4.69, 9.17) is 42.6 Å². The second kappa shape index (κ2) is 30.2. The lowest BCUT2D eigenvalue weighted by atomic mass is 9.90. The average Bonchev–Trinajstić information content (AvgIpc) is 3.22. The number of unbranched alkanes of at least 4 members (excludes halogenated alkanes) is 4. The van der Waals surface area contributed by atoms with Gasteiger partial charge in [-0.25, -0.2) is 28.8 Å². The van der Waals surface area contributed by atoms with Crippen LogP contribution in [0.1, 0.15) is 92.9 Å². The number of hydrogen-bond donors (Lipinski definition) is 0. The maximum Gasteiger partial charge on any atom is 0.374 e. The van der Waals surface area contributed by atoms with Gasteiger partial charge in [-0.3, -0.25) is 14.4 Å². The number of carbonyl (C=O) groups excluding carboxylic acids is 9. The molecule has 0 fully saturated rings. The number of carbonyl (C=O) groups is 9. The first-order valence-corrected chi connectivity index (χ1v) is 20.2. The minimum absolute atomic E-state index is 0.00201. The number of rotatable bonds is 34. The Bertz CT molecular complexity index is 1520. The van der Waals surface area contributed by atoms with Crippen molar-refractivity contribution >= 4 is 53.5 Å². The highest BCUT2D eigenvalue weighted by atomic mass is 16.6. The number of esters is 8. The van der Waals surface area contributed by atoms with Gasteiger partial charge in [-0.1, -0.05) is 32.9 Å². The van der Waals surface area contributed by atoms with Crippen molar-refractivity contribution < 1.29 is 85.8 Å². The summed E-state index contributed by atoms with van der Waals surface area (Å²) in [5, 5.41) is 0. The highest BCUT2D eigenvalue weighted by Crippen LogP contribution is 2.27. The number of ether oxygens (including phenoxy) is 9. The summed E-state index contributed by atoms with van der Waals surface area (Å²) in [7, 11) is 0. The molecule has 63 heavy (non-hydrogen) atoms. The first kappa shape index (κ1) is 57.1. The molecule has 0 aromatic carbocycles. The van der Waals surface area contributed by atoms with Crippen LogP contribution in [0.15, 0.2) is 60.8 Å². The van der Waals surface area contributed by atoms with Gasteiger partial charge in [-0.05, 0) is 73.1 Å². The first-order valence-electron chi connectivity index (χ1n) is 20.2. The van der Waals surface area contributed by atoms with Gasteiger partial charge in [0.05, 0.1) is 37.3 Å². The van der Waals surface area contributed by atoms with E-state index in [1.54, 1.807) is 0 Å². The van der Waals surface area contributed by atoms with E-state index in [1.165, 1.54) is 34.6 Å². The molecule has 0 radical (unpaired) electrons. The summed E-state index contributed by atoms with van der Waals surface area (Å²) in [6, 6.07) is 0. The van der Waals surface area contributed by atoms with Crippen LogP contribution < -0.4 is 0 Å². The molecule has 0 saturated carbocycles. The van der Waals surface area contributed by atoms with Gasteiger partial charge in [-0.15, -0.1) is 0 Å². The molecular weight excluding hydrogens is 828 g/mol. The molecule has 352 valence electrons. The van der Waals surface area contributed by atoms with Crippen LogP contribution in [-0.4, -0.2) is 120 Å². The van der Waals surface area contributed by atoms with Gasteiger partial charge < -0.3 is 42.6 Å². The second-order valence-corrected chi connectivity index (χ2v) is 15.5. The summed E-state index contributed by atoms with van der Waals surface area (Å²) in [6.07, 6.45) is 2.47. The van der Waals surface area contributed by atoms with Crippen LogP contribution in [0.4, 0.5) is 0 Å². The van der Waals surface area contributed by atoms with E-state index in [0.29, 0.717) is 38.5 Å². The zero-order valence-corrected chi connectivity index (χ0v) is 37.6. The van der Waals surface area contributed by atoms with Crippen molar-refractivity contribution in [2.45, 2.75) is 92.9 Å². The summed E-state index contributed by atoms with van der Waals surface area (Å²) in [5.74, 6) is -7.17. The standard InChI is InChI=1S/C45H64O18/c1-30(2)38(49)56-20-16-12-14-18-36(47)58-24-44(26-60-40(51)32(5)6,27-61-41(52)33(7)8)22-55-23-45(28-62-42(53)34(9)10,29-63-43(54)35(11)46)25-59-37(48)19-15-13-17-21-57-39(50)31(3)4/h1,3,5,7,9,12-29H2,2,4,6,8,10-11H3. The van der Waals surface area contributed by atoms with Crippen LogP contribution in [0.5, 0.6) is 0 Å². The molecule has 18 heteroatoms. The van der Waals surface area contributed by atoms with Crippen LogP contribution in [0, 0.1) is 10.8 Å². The largest absolute Gasteiger partial charge is 0.465 e. The Labute approximate surface area is 369 Å². The second-order valence-electron chi connectivity index (χ2n) is 15.5. The molecule has 0 spiro atoms. The lowest BCUT2D eigenvalue weighted by molar-refractivity contribution is -0.174. The Morgan fingerprint density at radius 3 is 0.889 bits per heavy atom. The minimum Gasteiger partial charge on any atom is -0.465 e. The van der Waals surface area contributed by atoms with Crippen LogP contribution in [0.2, 0.25) is 0 Å². The maximum atomic E-state index is 13.0. The third-order valence-corrected chi connectivity index (χ3v) is 8.48. The monoisotopic (exact) mass is 892 g/mol. The molecule has 0 N–H and O–H groups in total. The number of Topliss-reactive ketones (excluding diaryl/α,β-unsaturated/α-hetero) is 1. The zero-order chi connectivity index (χ0) is 48.2. The summed E-state index contributed by atoms with van der Waals surface area (Å²) in [5.41, 5.74) is -2.75. The highest BCUT2D eigenvalue weighted by molar-refractivity contribution is 6.32. The topological polar surface area (TPSA) is 237 Å². The maximum absolute atomic E-state index is 13.0. The molecule has 0 amide bonds. The van der Waals surface area contributed by atoms with Crippen LogP contribution >= 0.6 is 0 Å². The minimum atomic E-state index is -1.69. The lowest BCUT2D eigenvalue weighted by Gasteiger charge is -2.35. The molecule has 0 aliphatic carbocycles. The van der Waals surface area contributed by atoms with Crippen molar-refractivity contribution in [3.8, 4) is 0 Å². The normalized spacial score (nSPS) is 11.7. The molecule has 1 unspecified atom stereocenters. The molecule has 0 aromatic heterocycles. The molecular formula is C45H64O18. The van der Waals surface area contributed by atoms with Crippen molar-refractivity contribution in [2.24, 2.45) is 10.8 Å². The molecule has 18 nitrogen and oxygen atoms in total. The van der Waals surface area contributed by atoms with Gasteiger partial charge in [0, 0.05) is 47.6 Å². The zero-order valence-electron chi connectivity index (χ0n) is 37.6. The van der Waals surface area contributed by atoms with E-state index in [-0.39, 0.29) is 53.9 Å². The van der Waals surface area contributed by atoms with Crippen LogP contribution in [0.25, 0.3) is 0 Å². The summed E-state index contributed by atoms with van der Waals surface area (Å²) in [6.45, 7) is 21.6. The first-order chi connectivity index (χ1) is 29.5. The Morgan fingerprint density at radius 1 is 0.333 bits per heavy atom. The van der Waals surface area contributed by atoms with Crippen molar-refractivity contribution in [3.05, 3.63) is 60.8 Å². The predicted octanol–water partition coefficient (Wildman–Crippen LogP) is 4.91. The highest BCUT2D eigenvalue weighted by Gasteiger charge is 2.41. The molecule has 0 aliphatic heterocycles. The molecule has 0 bridgehead atoms. The van der Waals surface area contributed by atoms with Gasteiger partial charge in [0.1, 0.15) is 39.6 Å². The summed E-state index contributed by atoms with van der Waals surface area (Å²) >= 11 is 0. The van der Waals surface area contributed by atoms with E-state index in [1.807, 2.05) is 0 Å². The Kier molecular flexibility index (Phi) is 27.4. The Balaban J connectivity index is 6.52. The van der Waals surface area contributed by atoms with E-state index in [0.717, 1.165) is 6.92 Å². The van der Waals surface area contributed by atoms with Gasteiger partial charge in [0.15, 0.2) is 0 Å². The molecule has 0 heterocycles. The van der Waals surface area contributed by atoms with Crippen LogP contribution in [-0.2, 0) is 85.8 Å². The molecule has 1 atom stereocenters. The lowest BCUT2D eigenvalue weighted by Crippen LogP contribution is -2.47. The third kappa shape index (κ3) is 25.6. The fourth-order valence-electron chi connectivity index (χ4n) is 4.61. The predicted molar refractivity (Wildman–Crippen MR) is 225 cm³/mol. The summed E-state index contributed by atoms with van der Waals surface area (Å²) in [4.78, 5) is 111. The molecule has 0 aliphatic rings. The van der Waals surface area contributed by atoms with E-state index < -0.39 is 117 Å². The Hall–Kier alpha value is -5.91. The quantitative estimate of drug-likeness (QED) is 0.0274. The smallest absolute Gasteiger partial charge is 0.374 e. The molecule has 0 rings (SSSR count). The molecule has 0 aromatic rings.